The summed E-state index contributed by atoms with van der Waals surface area (Å²) in [6.07, 6.45) is 6.68. The maximum atomic E-state index is 4.35. The molecule has 0 spiro atoms. The first-order chi connectivity index (χ1) is 7.79. The largest absolute Gasteiger partial charge is 0.333 e. The molecule has 1 N–H and O–H groups in total. The summed E-state index contributed by atoms with van der Waals surface area (Å²) in [5.74, 6) is 0. The van der Waals surface area contributed by atoms with Crippen LogP contribution in [0.3, 0.4) is 0 Å². The Morgan fingerprint density at radius 3 is 3.00 bits per heavy atom. The summed E-state index contributed by atoms with van der Waals surface area (Å²) in [4.78, 5) is 4.16. The van der Waals surface area contributed by atoms with E-state index in [1.807, 2.05) is 37.5 Å². The molecule has 5 nitrogen and oxygen atoms in total. The fourth-order valence-corrected chi connectivity index (χ4v) is 1.71. The van der Waals surface area contributed by atoms with Gasteiger partial charge in [-0.3, -0.25) is 4.68 Å². The molecule has 0 fully saturated rings. The number of aromatic nitrogens is 4. The molecule has 16 heavy (non-hydrogen) atoms. The summed E-state index contributed by atoms with van der Waals surface area (Å²) in [7, 11) is 3.88. The average Bonchev–Trinajstić information content (AvgIpc) is 2.85. The molecule has 0 atom stereocenters. The van der Waals surface area contributed by atoms with Crippen molar-refractivity contribution in [1.82, 2.24) is 24.6 Å². The molecule has 0 aliphatic rings. The molecule has 5 heteroatoms. The fourth-order valence-electron chi connectivity index (χ4n) is 1.71. The molecular formula is C11H17N5. The van der Waals surface area contributed by atoms with E-state index in [0.29, 0.717) is 0 Å². The van der Waals surface area contributed by atoms with E-state index in [4.69, 9.17) is 0 Å². The van der Waals surface area contributed by atoms with E-state index in [2.05, 4.69) is 26.0 Å². The lowest BCUT2D eigenvalue weighted by Gasteiger charge is -2.06. The molecule has 0 aliphatic heterocycles. The summed E-state index contributed by atoms with van der Waals surface area (Å²) >= 11 is 0. The SMILES string of the molecule is CNCc1cncn1CCc1ccn(C)n1. The first kappa shape index (κ1) is 10.9. The lowest BCUT2D eigenvalue weighted by Crippen LogP contribution is -2.12. The Morgan fingerprint density at radius 1 is 1.44 bits per heavy atom. The second-order valence-electron chi connectivity index (χ2n) is 3.84. The topological polar surface area (TPSA) is 47.7 Å². The van der Waals surface area contributed by atoms with Crippen LogP contribution in [0.25, 0.3) is 0 Å². The zero-order valence-electron chi connectivity index (χ0n) is 9.72. The molecule has 2 heterocycles. The van der Waals surface area contributed by atoms with E-state index in [-0.39, 0.29) is 0 Å². The van der Waals surface area contributed by atoms with Gasteiger partial charge in [-0.2, -0.15) is 5.10 Å². The minimum atomic E-state index is 0.849. The minimum absolute atomic E-state index is 0.849. The summed E-state index contributed by atoms with van der Waals surface area (Å²) < 4.78 is 3.99. The molecule has 0 aliphatic carbocycles. The van der Waals surface area contributed by atoms with Gasteiger partial charge in [-0.05, 0) is 13.1 Å². The summed E-state index contributed by atoms with van der Waals surface area (Å²) in [5, 5.41) is 7.49. The van der Waals surface area contributed by atoms with Gasteiger partial charge in [0.05, 0.1) is 17.7 Å². The lowest BCUT2D eigenvalue weighted by molar-refractivity contribution is 0.623. The van der Waals surface area contributed by atoms with Crippen LogP contribution >= 0.6 is 0 Å². The van der Waals surface area contributed by atoms with Gasteiger partial charge in [0.25, 0.3) is 0 Å². The average molecular weight is 219 g/mol. The van der Waals surface area contributed by atoms with Crippen LogP contribution in [-0.4, -0.2) is 26.4 Å². The van der Waals surface area contributed by atoms with Crippen LogP contribution in [0.15, 0.2) is 24.8 Å². The lowest BCUT2D eigenvalue weighted by atomic mass is 10.3. The molecule has 0 unspecified atom stereocenters. The standard InChI is InChI=1S/C11H17N5/c1-12-7-11-8-13-9-16(11)6-4-10-3-5-15(2)14-10/h3,5,8-9,12H,4,6-7H2,1-2H3. The molecule has 2 rings (SSSR count). The minimum Gasteiger partial charge on any atom is -0.333 e. The molecule has 0 amide bonds. The van der Waals surface area contributed by atoms with Gasteiger partial charge in [-0.25, -0.2) is 4.98 Å². The molecule has 2 aromatic heterocycles. The van der Waals surface area contributed by atoms with Crippen LogP contribution < -0.4 is 5.32 Å². The van der Waals surface area contributed by atoms with Crippen LogP contribution in [-0.2, 0) is 26.6 Å². The van der Waals surface area contributed by atoms with Crippen LogP contribution in [0.4, 0.5) is 0 Å². The van der Waals surface area contributed by atoms with Gasteiger partial charge >= 0.3 is 0 Å². The van der Waals surface area contributed by atoms with Crippen molar-refractivity contribution in [2.45, 2.75) is 19.5 Å². The van der Waals surface area contributed by atoms with Gasteiger partial charge in [0.15, 0.2) is 0 Å². The third-order valence-corrected chi connectivity index (χ3v) is 2.53. The predicted molar refractivity (Wildman–Crippen MR) is 61.9 cm³/mol. The molecule has 2 aromatic rings. The van der Waals surface area contributed by atoms with Crippen molar-refractivity contribution in [2.75, 3.05) is 7.05 Å². The normalized spacial score (nSPS) is 10.9. The van der Waals surface area contributed by atoms with E-state index in [0.717, 1.165) is 25.2 Å². The summed E-state index contributed by atoms with van der Waals surface area (Å²) in [6, 6.07) is 2.05. The Balaban J connectivity index is 1.96. The molecule has 0 saturated carbocycles. The molecule has 0 aromatic carbocycles. The Kier molecular flexibility index (Phi) is 3.36. The van der Waals surface area contributed by atoms with E-state index in [9.17, 15) is 0 Å². The Labute approximate surface area is 95.1 Å². The number of aryl methyl sites for hydroxylation is 3. The number of hydrogen-bond acceptors (Lipinski definition) is 3. The smallest absolute Gasteiger partial charge is 0.0948 e. The second kappa shape index (κ2) is 4.94. The number of imidazole rings is 1. The molecule has 0 saturated heterocycles. The van der Waals surface area contributed by atoms with Gasteiger partial charge in [0.2, 0.25) is 0 Å². The van der Waals surface area contributed by atoms with Gasteiger partial charge < -0.3 is 9.88 Å². The number of hydrogen-bond donors (Lipinski definition) is 1. The number of rotatable bonds is 5. The van der Waals surface area contributed by atoms with Crippen molar-refractivity contribution in [3.8, 4) is 0 Å². The zero-order chi connectivity index (χ0) is 11.4. The highest BCUT2D eigenvalue weighted by Crippen LogP contribution is 2.02. The molecule has 0 bridgehead atoms. The Hall–Kier alpha value is -1.62. The quantitative estimate of drug-likeness (QED) is 0.800. The maximum absolute atomic E-state index is 4.35. The van der Waals surface area contributed by atoms with Crippen molar-refractivity contribution in [3.05, 3.63) is 36.2 Å². The van der Waals surface area contributed by atoms with Crippen LogP contribution in [0.2, 0.25) is 0 Å². The fraction of sp³-hybridized carbons (Fsp3) is 0.455. The second-order valence-corrected chi connectivity index (χ2v) is 3.84. The summed E-state index contributed by atoms with van der Waals surface area (Å²) in [6.45, 7) is 1.77. The van der Waals surface area contributed by atoms with Gasteiger partial charge in [0.1, 0.15) is 0 Å². The Morgan fingerprint density at radius 2 is 2.31 bits per heavy atom. The van der Waals surface area contributed by atoms with Crippen molar-refractivity contribution >= 4 is 0 Å². The Bertz CT molecular complexity index is 443. The number of nitrogens with zero attached hydrogens (tertiary/aromatic N) is 4. The monoisotopic (exact) mass is 219 g/mol. The van der Waals surface area contributed by atoms with Gasteiger partial charge in [0, 0.05) is 39.0 Å². The maximum Gasteiger partial charge on any atom is 0.0948 e. The van der Waals surface area contributed by atoms with E-state index >= 15 is 0 Å². The van der Waals surface area contributed by atoms with Crippen LogP contribution in [0, 0.1) is 0 Å². The van der Waals surface area contributed by atoms with Crippen molar-refractivity contribution in [2.24, 2.45) is 7.05 Å². The highest BCUT2D eigenvalue weighted by Gasteiger charge is 2.02. The van der Waals surface area contributed by atoms with E-state index in [1.54, 1.807) is 0 Å². The predicted octanol–water partition coefficient (Wildman–Crippen LogP) is 0.579. The third kappa shape index (κ3) is 2.49. The van der Waals surface area contributed by atoms with Gasteiger partial charge in [-0.15, -0.1) is 0 Å². The first-order valence-corrected chi connectivity index (χ1v) is 5.41. The van der Waals surface area contributed by atoms with Crippen molar-refractivity contribution in [3.63, 3.8) is 0 Å². The van der Waals surface area contributed by atoms with E-state index in [1.165, 1.54) is 5.69 Å². The van der Waals surface area contributed by atoms with Crippen LogP contribution in [0.1, 0.15) is 11.4 Å². The highest BCUT2D eigenvalue weighted by atomic mass is 15.2. The summed E-state index contributed by atoms with van der Waals surface area (Å²) in [5.41, 5.74) is 2.32. The van der Waals surface area contributed by atoms with Gasteiger partial charge in [-0.1, -0.05) is 0 Å². The van der Waals surface area contributed by atoms with Crippen LogP contribution in [0.5, 0.6) is 0 Å². The van der Waals surface area contributed by atoms with Crippen molar-refractivity contribution in [1.29, 1.82) is 0 Å². The molecule has 0 radical (unpaired) electrons. The molecule has 86 valence electrons. The zero-order valence-corrected chi connectivity index (χ0v) is 9.72. The first-order valence-electron chi connectivity index (χ1n) is 5.41. The highest BCUT2D eigenvalue weighted by molar-refractivity contribution is 5.01. The third-order valence-electron chi connectivity index (χ3n) is 2.53. The number of nitrogens with one attached hydrogen (secondary N) is 1. The van der Waals surface area contributed by atoms with E-state index < -0.39 is 0 Å². The van der Waals surface area contributed by atoms with Crippen molar-refractivity contribution < 1.29 is 0 Å². The molecular weight excluding hydrogens is 202 g/mol.